The molecule has 0 atom stereocenters. The molecule has 0 saturated carbocycles. The third-order valence-corrected chi connectivity index (χ3v) is 4.31. The van der Waals surface area contributed by atoms with E-state index in [-0.39, 0.29) is 24.8 Å². The first-order chi connectivity index (χ1) is 12.8. The summed E-state index contributed by atoms with van der Waals surface area (Å²) in [4.78, 5) is 37.4. The van der Waals surface area contributed by atoms with Gasteiger partial charge in [-0.2, -0.15) is 0 Å². The summed E-state index contributed by atoms with van der Waals surface area (Å²) < 4.78 is 4.71. The molecule has 0 aliphatic carbocycles. The average molecular weight is 368 g/mol. The van der Waals surface area contributed by atoms with Gasteiger partial charge in [0.1, 0.15) is 0 Å². The molecule has 0 unspecified atom stereocenters. The number of carbonyl (C=O) groups excluding carboxylic acids is 3. The van der Waals surface area contributed by atoms with E-state index in [0.717, 1.165) is 16.8 Å². The SMILES string of the molecule is COC(=O)c1cccc(N(CCC(=O)Nc2ccc(C)c(C)c2)C(C)=O)c1. The Bertz CT molecular complexity index is 861. The number of hydrogen-bond donors (Lipinski definition) is 1. The highest BCUT2D eigenvalue weighted by Crippen LogP contribution is 2.18. The lowest BCUT2D eigenvalue weighted by molar-refractivity contribution is -0.117. The van der Waals surface area contributed by atoms with Crippen molar-refractivity contribution in [3.05, 3.63) is 59.2 Å². The molecule has 0 radical (unpaired) electrons. The van der Waals surface area contributed by atoms with Crippen molar-refractivity contribution in [2.24, 2.45) is 0 Å². The van der Waals surface area contributed by atoms with Gasteiger partial charge in [0.25, 0.3) is 0 Å². The molecule has 1 N–H and O–H groups in total. The van der Waals surface area contributed by atoms with E-state index in [0.29, 0.717) is 11.3 Å². The number of esters is 1. The number of carbonyl (C=O) groups is 3. The number of methoxy groups -OCH3 is 1. The van der Waals surface area contributed by atoms with E-state index >= 15 is 0 Å². The Morgan fingerprint density at radius 2 is 1.78 bits per heavy atom. The Morgan fingerprint density at radius 3 is 2.41 bits per heavy atom. The molecule has 0 bridgehead atoms. The molecule has 0 fully saturated rings. The molecular weight excluding hydrogens is 344 g/mol. The van der Waals surface area contributed by atoms with Crippen molar-refractivity contribution in [2.75, 3.05) is 23.9 Å². The maximum atomic E-state index is 12.3. The number of amides is 2. The maximum absolute atomic E-state index is 12.3. The normalized spacial score (nSPS) is 10.2. The van der Waals surface area contributed by atoms with Gasteiger partial charge < -0.3 is 15.0 Å². The van der Waals surface area contributed by atoms with Gasteiger partial charge in [-0.15, -0.1) is 0 Å². The fraction of sp³-hybridized carbons (Fsp3) is 0.286. The van der Waals surface area contributed by atoms with Crippen molar-refractivity contribution in [1.82, 2.24) is 0 Å². The van der Waals surface area contributed by atoms with E-state index < -0.39 is 5.97 Å². The molecule has 2 rings (SSSR count). The number of ether oxygens (including phenoxy) is 1. The van der Waals surface area contributed by atoms with Crippen molar-refractivity contribution in [3.63, 3.8) is 0 Å². The molecule has 0 saturated heterocycles. The van der Waals surface area contributed by atoms with Gasteiger partial charge in [-0.1, -0.05) is 12.1 Å². The van der Waals surface area contributed by atoms with Gasteiger partial charge in [-0.05, 0) is 55.3 Å². The summed E-state index contributed by atoms with van der Waals surface area (Å²) in [6, 6.07) is 12.3. The Kier molecular flexibility index (Phi) is 6.71. The van der Waals surface area contributed by atoms with Crippen LogP contribution in [0.1, 0.15) is 34.8 Å². The summed E-state index contributed by atoms with van der Waals surface area (Å²) in [6.45, 7) is 5.62. The largest absolute Gasteiger partial charge is 0.465 e. The molecule has 6 nitrogen and oxygen atoms in total. The van der Waals surface area contributed by atoms with Gasteiger partial charge in [-0.25, -0.2) is 4.79 Å². The van der Waals surface area contributed by atoms with Crippen LogP contribution >= 0.6 is 0 Å². The van der Waals surface area contributed by atoms with Crippen LogP contribution in [0.15, 0.2) is 42.5 Å². The second-order valence-corrected chi connectivity index (χ2v) is 6.31. The zero-order valence-corrected chi connectivity index (χ0v) is 16.0. The first-order valence-corrected chi connectivity index (χ1v) is 8.65. The third-order valence-electron chi connectivity index (χ3n) is 4.31. The second-order valence-electron chi connectivity index (χ2n) is 6.31. The zero-order valence-electron chi connectivity index (χ0n) is 16.0. The topological polar surface area (TPSA) is 75.7 Å². The Morgan fingerprint density at radius 1 is 1.04 bits per heavy atom. The predicted molar refractivity (Wildman–Crippen MR) is 105 cm³/mol. The summed E-state index contributed by atoms with van der Waals surface area (Å²) in [5, 5.41) is 2.84. The van der Waals surface area contributed by atoms with Crippen LogP contribution in [0.25, 0.3) is 0 Å². The van der Waals surface area contributed by atoms with Crippen molar-refractivity contribution in [3.8, 4) is 0 Å². The van der Waals surface area contributed by atoms with E-state index in [1.54, 1.807) is 24.3 Å². The van der Waals surface area contributed by atoms with Gasteiger partial charge in [-0.3, -0.25) is 9.59 Å². The number of rotatable bonds is 6. The average Bonchev–Trinajstić information content (AvgIpc) is 2.64. The van der Waals surface area contributed by atoms with E-state index in [1.165, 1.54) is 18.9 Å². The minimum Gasteiger partial charge on any atom is -0.465 e. The van der Waals surface area contributed by atoms with Crippen molar-refractivity contribution < 1.29 is 19.1 Å². The molecule has 142 valence electrons. The lowest BCUT2D eigenvalue weighted by Gasteiger charge is -2.21. The lowest BCUT2D eigenvalue weighted by Crippen LogP contribution is -2.32. The van der Waals surface area contributed by atoms with Gasteiger partial charge >= 0.3 is 5.97 Å². The highest BCUT2D eigenvalue weighted by molar-refractivity contribution is 5.96. The molecule has 2 aromatic rings. The predicted octanol–water partition coefficient (Wildman–Crippen LogP) is 3.47. The van der Waals surface area contributed by atoms with Crippen LogP contribution in [0.2, 0.25) is 0 Å². The van der Waals surface area contributed by atoms with Crippen LogP contribution in [-0.2, 0) is 14.3 Å². The lowest BCUT2D eigenvalue weighted by atomic mass is 10.1. The van der Waals surface area contributed by atoms with Crippen LogP contribution in [0, 0.1) is 13.8 Å². The Hall–Kier alpha value is -3.15. The summed E-state index contributed by atoms with van der Waals surface area (Å²) in [6.07, 6.45) is 0.134. The van der Waals surface area contributed by atoms with E-state index in [2.05, 4.69) is 5.32 Å². The quantitative estimate of drug-likeness (QED) is 0.792. The molecule has 0 aromatic heterocycles. The molecule has 0 aliphatic heterocycles. The molecule has 0 spiro atoms. The minimum atomic E-state index is -0.479. The highest BCUT2D eigenvalue weighted by Gasteiger charge is 2.16. The molecule has 27 heavy (non-hydrogen) atoms. The van der Waals surface area contributed by atoms with Gasteiger partial charge in [0.05, 0.1) is 12.7 Å². The smallest absolute Gasteiger partial charge is 0.337 e. The van der Waals surface area contributed by atoms with Gasteiger partial charge in [0, 0.05) is 31.3 Å². The summed E-state index contributed by atoms with van der Waals surface area (Å²) >= 11 is 0. The maximum Gasteiger partial charge on any atom is 0.337 e. The number of nitrogens with one attached hydrogen (secondary N) is 1. The van der Waals surface area contributed by atoms with Crippen molar-refractivity contribution >= 4 is 29.2 Å². The Labute approximate surface area is 159 Å². The van der Waals surface area contributed by atoms with E-state index in [9.17, 15) is 14.4 Å². The molecule has 0 heterocycles. The third kappa shape index (κ3) is 5.41. The highest BCUT2D eigenvalue weighted by atomic mass is 16.5. The van der Waals surface area contributed by atoms with Crippen molar-refractivity contribution in [2.45, 2.75) is 27.2 Å². The van der Waals surface area contributed by atoms with E-state index in [1.807, 2.05) is 32.0 Å². The second kappa shape index (κ2) is 8.98. The number of anilines is 2. The number of benzene rings is 2. The first kappa shape index (κ1) is 20.2. The number of aryl methyl sites for hydroxylation is 2. The minimum absolute atomic E-state index is 0.134. The molecule has 2 amide bonds. The first-order valence-electron chi connectivity index (χ1n) is 8.65. The standard InChI is InChI=1S/C21H24N2O4/c1-14-8-9-18(12-15(14)2)22-20(25)10-11-23(16(3)24)19-7-5-6-17(13-19)21(26)27-4/h5-9,12-13H,10-11H2,1-4H3,(H,22,25). The van der Waals surface area contributed by atoms with Gasteiger partial charge in [0.15, 0.2) is 0 Å². The van der Waals surface area contributed by atoms with E-state index in [4.69, 9.17) is 4.74 Å². The summed E-state index contributed by atoms with van der Waals surface area (Å²) in [7, 11) is 1.30. The van der Waals surface area contributed by atoms with Crippen LogP contribution in [0.3, 0.4) is 0 Å². The van der Waals surface area contributed by atoms with Crippen LogP contribution in [0.5, 0.6) is 0 Å². The zero-order chi connectivity index (χ0) is 20.0. The number of nitrogens with zero attached hydrogens (tertiary/aromatic N) is 1. The fourth-order valence-corrected chi connectivity index (χ4v) is 2.64. The monoisotopic (exact) mass is 368 g/mol. The fourth-order valence-electron chi connectivity index (χ4n) is 2.64. The van der Waals surface area contributed by atoms with Gasteiger partial charge in [0.2, 0.25) is 11.8 Å². The van der Waals surface area contributed by atoms with Crippen LogP contribution in [0.4, 0.5) is 11.4 Å². The summed E-state index contributed by atoms with van der Waals surface area (Å²) in [5.41, 5.74) is 3.87. The van der Waals surface area contributed by atoms with Crippen LogP contribution in [-0.4, -0.2) is 31.4 Å². The Balaban J connectivity index is 2.06. The van der Waals surface area contributed by atoms with Crippen molar-refractivity contribution in [1.29, 1.82) is 0 Å². The molecular formula is C21H24N2O4. The molecule has 0 aliphatic rings. The molecule has 2 aromatic carbocycles. The molecule has 6 heteroatoms. The van der Waals surface area contributed by atoms with Crippen LogP contribution < -0.4 is 10.2 Å². The summed E-state index contributed by atoms with van der Waals surface area (Å²) in [5.74, 6) is -0.877. The number of hydrogen-bond acceptors (Lipinski definition) is 4.